The number of aromatic nitrogens is 1. The van der Waals surface area contributed by atoms with E-state index < -0.39 is 29.7 Å². The monoisotopic (exact) mass is 454 g/mol. The molecule has 0 N–H and O–H groups in total. The molecule has 0 amide bonds. The molecule has 0 aliphatic carbocycles. The van der Waals surface area contributed by atoms with Gasteiger partial charge in [-0.2, -0.15) is 27.2 Å². The van der Waals surface area contributed by atoms with Gasteiger partial charge in [0.15, 0.2) is 0 Å². The molecule has 31 heavy (non-hydrogen) atoms. The molecule has 0 fully saturated rings. The van der Waals surface area contributed by atoms with Crippen LogP contribution >= 0.6 is 11.8 Å². The normalized spacial score (nSPS) is 11.4. The van der Waals surface area contributed by atoms with Gasteiger partial charge in [-0.15, -0.1) is 11.8 Å². The molecule has 0 bridgehead atoms. The fraction of sp³-hybridized carbons (Fsp3) is 0.143. The number of nitrogens with zero attached hydrogens (tertiary/aromatic N) is 2. The minimum absolute atomic E-state index is 0.0454. The standard InChI is InChI=1S/C21H12F6N2OS/c22-17-4-2-1-3-13(17)11-31-19-15(10-28)16(21(25,26)27)9-18(29-19)12-5-7-14(8-6-12)30-20(23)24/h1-9,20H,11H2. The molecule has 0 radical (unpaired) electrons. The van der Waals surface area contributed by atoms with Gasteiger partial charge in [-0.1, -0.05) is 18.2 Å². The molecule has 2 aromatic carbocycles. The lowest BCUT2D eigenvalue weighted by molar-refractivity contribution is -0.138. The van der Waals surface area contributed by atoms with Gasteiger partial charge in [-0.25, -0.2) is 9.37 Å². The predicted octanol–water partition coefficient (Wildman–Crippen LogP) is 6.67. The van der Waals surface area contributed by atoms with Crippen molar-refractivity contribution in [2.24, 2.45) is 0 Å². The fourth-order valence-corrected chi connectivity index (χ4v) is 3.66. The van der Waals surface area contributed by atoms with E-state index >= 15 is 0 Å². The van der Waals surface area contributed by atoms with Gasteiger partial charge in [0.2, 0.25) is 0 Å². The molecule has 0 aliphatic heterocycles. The highest BCUT2D eigenvalue weighted by Gasteiger charge is 2.36. The third kappa shape index (κ3) is 5.49. The minimum atomic E-state index is -4.84. The van der Waals surface area contributed by atoms with Gasteiger partial charge in [-0.3, -0.25) is 0 Å². The molecule has 3 nitrogen and oxygen atoms in total. The lowest BCUT2D eigenvalue weighted by atomic mass is 10.1. The smallest absolute Gasteiger partial charge is 0.417 e. The van der Waals surface area contributed by atoms with E-state index in [-0.39, 0.29) is 33.3 Å². The molecule has 0 unspecified atom stereocenters. The summed E-state index contributed by atoms with van der Waals surface area (Å²) in [6.45, 7) is -3.04. The van der Waals surface area contributed by atoms with Crippen LogP contribution in [0.4, 0.5) is 26.3 Å². The van der Waals surface area contributed by atoms with Crippen LogP contribution in [0.5, 0.6) is 5.75 Å². The van der Waals surface area contributed by atoms with Gasteiger partial charge in [-0.05, 0) is 42.0 Å². The number of hydrogen-bond acceptors (Lipinski definition) is 4. The van der Waals surface area contributed by atoms with Crippen LogP contribution in [0.1, 0.15) is 16.7 Å². The third-order valence-corrected chi connectivity index (χ3v) is 5.13. The number of thioether (sulfide) groups is 1. The molecule has 0 saturated heterocycles. The largest absolute Gasteiger partial charge is 0.435 e. The van der Waals surface area contributed by atoms with E-state index in [1.807, 2.05) is 0 Å². The first-order valence-electron chi connectivity index (χ1n) is 8.63. The van der Waals surface area contributed by atoms with E-state index in [0.29, 0.717) is 6.07 Å². The summed E-state index contributed by atoms with van der Waals surface area (Å²) in [6, 6.07) is 12.9. The fourth-order valence-electron chi connectivity index (χ4n) is 2.67. The average molecular weight is 454 g/mol. The number of ether oxygens (including phenoxy) is 1. The Morgan fingerprint density at radius 1 is 1.06 bits per heavy atom. The van der Waals surface area contributed by atoms with Crippen LogP contribution in [-0.2, 0) is 11.9 Å². The molecule has 10 heteroatoms. The lowest BCUT2D eigenvalue weighted by Gasteiger charge is -2.14. The first kappa shape index (κ1) is 22.5. The van der Waals surface area contributed by atoms with Crippen molar-refractivity contribution in [2.75, 3.05) is 0 Å². The zero-order chi connectivity index (χ0) is 22.6. The number of nitriles is 1. The summed E-state index contributed by atoms with van der Waals surface area (Å²) in [6.07, 6.45) is -4.84. The highest BCUT2D eigenvalue weighted by molar-refractivity contribution is 7.98. The van der Waals surface area contributed by atoms with Gasteiger partial charge in [0.05, 0.1) is 16.8 Å². The highest BCUT2D eigenvalue weighted by atomic mass is 32.2. The predicted molar refractivity (Wildman–Crippen MR) is 102 cm³/mol. The van der Waals surface area contributed by atoms with Crippen LogP contribution in [0.3, 0.4) is 0 Å². The molecular formula is C21H12F6N2OS. The van der Waals surface area contributed by atoms with Gasteiger partial charge in [0.1, 0.15) is 22.7 Å². The Morgan fingerprint density at radius 2 is 1.74 bits per heavy atom. The number of alkyl halides is 5. The summed E-state index contributed by atoms with van der Waals surface area (Å²) in [7, 11) is 0. The Labute approximate surface area is 177 Å². The second kappa shape index (κ2) is 9.31. The van der Waals surface area contributed by atoms with Crippen LogP contribution in [0.15, 0.2) is 59.6 Å². The van der Waals surface area contributed by atoms with E-state index in [4.69, 9.17) is 0 Å². The summed E-state index contributed by atoms with van der Waals surface area (Å²) in [5.41, 5.74) is -1.54. The first-order valence-corrected chi connectivity index (χ1v) is 9.61. The molecule has 1 heterocycles. The van der Waals surface area contributed by atoms with Crippen molar-refractivity contribution in [1.82, 2.24) is 4.98 Å². The van der Waals surface area contributed by atoms with Crippen molar-refractivity contribution in [3.05, 3.63) is 77.1 Å². The summed E-state index contributed by atoms with van der Waals surface area (Å²) >= 11 is 0.792. The second-order valence-corrected chi connectivity index (χ2v) is 7.09. The molecule has 3 rings (SSSR count). The van der Waals surface area contributed by atoms with Crippen LogP contribution in [0.25, 0.3) is 11.3 Å². The summed E-state index contributed by atoms with van der Waals surface area (Å²) < 4.78 is 83.5. The number of hydrogen-bond donors (Lipinski definition) is 0. The maximum absolute atomic E-state index is 13.9. The van der Waals surface area contributed by atoms with Crippen molar-refractivity contribution in [1.29, 1.82) is 5.26 Å². The van der Waals surface area contributed by atoms with Crippen molar-refractivity contribution >= 4 is 11.8 Å². The number of rotatable bonds is 6. The Balaban J connectivity index is 2.03. The summed E-state index contributed by atoms with van der Waals surface area (Å²) in [4.78, 5) is 4.15. The van der Waals surface area contributed by atoms with Crippen LogP contribution < -0.4 is 4.74 Å². The van der Waals surface area contributed by atoms with Crippen molar-refractivity contribution in [2.45, 2.75) is 23.6 Å². The SMILES string of the molecule is N#Cc1c(C(F)(F)F)cc(-c2ccc(OC(F)F)cc2)nc1SCc1ccccc1F. The van der Waals surface area contributed by atoms with E-state index in [9.17, 15) is 31.6 Å². The van der Waals surface area contributed by atoms with E-state index in [1.54, 1.807) is 6.07 Å². The second-order valence-electron chi connectivity index (χ2n) is 6.13. The van der Waals surface area contributed by atoms with Crippen molar-refractivity contribution in [3.63, 3.8) is 0 Å². The van der Waals surface area contributed by atoms with Gasteiger partial charge < -0.3 is 4.74 Å². The Morgan fingerprint density at radius 3 is 2.32 bits per heavy atom. The minimum Gasteiger partial charge on any atom is -0.435 e. The third-order valence-electron chi connectivity index (χ3n) is 4.10. The van der Waals surface area contributed by atoms with Crippen molar-refractivity contribution < 1.29 is 31.1 Å². The van der Waals surface area contributed by atoms with E-state index in [2.05, 4.69) is 9.72 Å². The van der Waals surface area contributed by atoms with Crippen molar-refractivity contribution in [3.8, 4) is 23.1 Å². The molecular weight excluding hydrogens is 442 g/mol. The summed E-state index contributed by atoms with van der Waals surface area (Å²) in [5.74, 6) is -0.746. The molecule has 0 saturated carbocycles. The Kier molecular flexibility index (Phi) is 6.75. The topological polar surface area (TPSA) is 45.9 Å². The average Bonchev–Trinajstić information content (AvgIpc) is 2.72. The first-order chi connectivity index (χ1) is 14.7. The molecule has 0 spiro atoms. The van der Waals surface area contributed by atoms with Gasteiger partial charge in [0.25, 0.3) is 0 Å². The van der Waals surface area contributed by atoms with Gasteiger partial charge in [0, 0.05) is 11.3 Å². The van der Waals surface area contributed by atoms with E-state index in [0.717, 1.165) is 11.8 Å². The number of pyridine rings is 1. The molecule has 0 atom stereocenters. The lowest BCUT2D eigenvalue weighted by Crippen LogP contribution is -2.10. The molecule has 160 valence electrons. The number of benzene rings is 2. The zero-order valence-electron chi connectivity index (χ0n) is 15.5. The quantitative estimate of drug-likeness (QED) is 0.308. The molecule has 3 aromatic rings. The maximum Gasteiger partial charge on any atom is 0.417 e. The summed E-state index contributed by atoms with van der Waals surface area (Å²) in [5, 5.41) is 9.11. The Hall–Kier alpha value is -3.19. The van der Waals surface area contributed by atoms with E-state index in [1.165, 1.54) is 48.5 Å². The van der Waals surface area contributed by atoms with Crippen LogP contribution in [-0.4, -0.2) is 11.6 Å². The Bertz CT molecular complexity index is 1110. The van der Waals surface area contributed by atoms with Gasteiger partial charge >= 0.3 is 12.8 Å². The van der Waals surface area contributed by atoms with Crippen LogP contribution in [0.2, 0.25) is 0 Å². The number of halogens is 6. The van der Waals surface area contributed by atoms with Crippen LogP contribution in [0, 0.1) is 17.1 Å². The molecule has 1 aromatic heterocycles. The highest BCUT2D eigenvalue weighted by Crippen LogP contribution is 2.39. The molecule has 0 aliphatic rings. The zero-order valence-corrected chi connectivity index (χ0v) is 16.3. The maximum atomic E-state index is 13.9.